The van der Waals surface area contributed by atoms with E-state index in [9.17, 15) is 0 Å². The summed E-state index contributed by atoms with van der Waals surface area (Å²) in [4.78, 5) is 4.53. The fourth-order valence-electron chi connectivity index (χ4n) is 0.909. The third kappa shape index (κ3) is 2.02. The van der Waals surface area contributed by atoms with Crippen molar-refractivity contribution in [3.63, 3.8) is 0 Å². The molecule has 0 amide bonds. The standard InChI is InChI=1S/C8H10BrNO/c1-6-3-2-4-7(5-11-10)8(6)9/h2-4H,5,10H2,1H3. The molecule has 11 heavy (non-hydrogen) atoms. The van der Waals surface area contributed by atoms with E-state index in [0.29, 0.717) is 6.61 Å². The van der Waals surface area contributed by atoms with Gasteiger partial charge in [0.25, 0.3) is 0 Å². The summed E-state index contributed by atoms with van der Waals surface area (Å²) in [7, 11) is 0. The zero-order valence-electron chi connectivity index (χ0n) is 6.30. The lowest BCUT2D eigenvalue weighted by molar-refractivity contribution is 0.123. The first kappa shape index (κ1) is 8.71. The number of halogens is 1. The van der Waals surface area contributed by atoms with Crippen LogP contribution >= 0.6 is 15.9 Å². The molecule has 2 N–H and O–H groups in total. The Labute approximate surface area is 74.4 Å². The van der Waals surface area contributed by atoms with Crippen LogP contribution in [-0.4, -0.2) is 0 Å². The van der Waals surface area contributed by atoms with Gasteiger partial charge in [0.15, 0.2) is 0 Å². The van der Waals surface area contributed by atoms with Gasteiger partial charge in [-0.25, -0.2) is 5.90 Å². The highest BCUT2D eigenvalue weighted by molar-refractivity contribution is 9.10. The van der Waals surface area contributed by atoms with Gasteiger partial charge < -0.3 is 0 Å². The zero-order chi connectivity index (χ0) is 8.27. The molecule has 0 saturated heterocycles. The Morgan fingerprint density at radius 1 is 1.55 bits per heavy atom. The molecule has 0 fully saturated rings. The van der Waals surface area contributed by atoms with Crippen molar-refractivity contribution in [2.45, 2.75) is 13.5 Å². The number of aryl methyl sites for hydroxylation is 1. The maximum absolute atomic E-state index is 4.96. The molecule has 1 rings (SSSR count). The Morgan fingerprint density at radius 3 is 2.91 bits per heavy atom. The van der Waals surface area contributed by atoms with Crippen LogP contribution in [0.3, 0.4) is 0 Å². The highest BCUT2D eigenvalue weighted by Crippen LogP contribution is 2.20. The van der Waals surface area contributed by atoms with Crippen molar-refractivity contribution in [2.24, 2.45) is 5.90 Å². The lowest BCUT2D eigenvalue weighted by Crippen LogP contribution is -1.99. The van der Waals surface area contributed by atoms with E-state index >= 15 is 0 Å². The Bertz CT molecular complexity index is 250. The molecule has 1 aromatic rings. The topological polar surface area (TPSA) is 35.2 Å². The molecule has 0 radical (unpaired) electrons. The van der Waals surface area contributed by atoms with Crippen molar-refractivity contribution < 1.29 is 4.84 Å². The summed E-state index contributed by atoms with van der Waals surface area (Å²) in [5.74, 6) is 4.96. The van der Waals surface area contributed by atoms with Crippen molar-refractivity contribution in [3.05, 3.63) is 33.8 Å². The molecular weight excluding hydrogens is 206 g/mol. The fraction of sp³-hybridized carbons (Fsp3) is 0.250. The summed E-state index contributed by atoms with van der Waals surface area (Å²) in [6, 6.07) is 5.99. The highest BCUT2D eigenvalue weighted by Gasteiger charge is 2.00. The van der Waals surface area contributed by atoms with E-state index in [0.717, 1.165) is 10.0 Å². The van der Waals surface area contributed by atoms with Gasteiger partial charge in [0.1, 0.15) is 0 Å². The number of hydrogen-bond donors (Lipinski definition) is 1. The van der Waals surface area contributed by atoms with Gasteiger partial charge in [-0.1, -0.05) is 34.1 Å². The Balaban J connectivity index is 2.96. The van der Waals surface area contributed by atoms with Gasteiger partial charge in [0.2, 0.25) is 0 Å². The summed E-state index contributed by atoms with van der Waals surface area (Å²) < 4.78 is 1.07. The molecule has 0 heterocycles. The van der Waals surface area contributed by atoms with E-state index in [1.807, 2.05) is 25.1 Å². The van der Waals surface area contributed by atoms with Gasteiger partial charge in [-0.05, 0) is 18.1 Å². The largest absolute Gasteiger partial charge is 0.300 e. The normalized spacial score (nSPS) is 10.1. The van der Waals surface area contributed by atoms with Crippen molar-refractivity contribution in [2.75, 3.05) is 0 Å². The van der Waals surface area contributed by atoms with E-state index in [-0.39, 0.29) is 0 Å². The first-order chi connectivity index (χ1) is 5.25. The Morgan fingerprint density at radius 2 is 2.27 bits per heavy atom. The molecule has 60 valence electrons. The van der Waals surface area contributed by atoms with Crippen molar-refractivity contribution in [3.8, 4) is 0 Å². The molecule has 0 aliphatic rings. The number of rotatable bonds is 2. The summed E-state index contributed by atoms with van der Waals surface area (Å²) in [5, 5.41) is 0. The smallest absolute Gasteiger partial charge is 0.0941 e. The van der Waals surface area contributed by atoms with Crippen LogP contribution in [0.2, 0.25) is 0 Å². The van der Waals surface area contributed by atoms with Crippen LogP contribution < -0.4 is 5.90 Å². The molecule has 1 aromatic carbocycles. The first-order valence-corrected chi connectivity index (χ1v) is 4.10. The third-order valence-electron chi connectivity index (χ3n) is 1.51. The molecular formula is C8H10BrNO. The van der Waals surface area contributed by atoms with Crippen LogP contribution in [0, 0.1) is 6.92 Å². The molecule has 2 nitrogen and oxygen atoms in total. The van der Waals surface area contributed by atoms with Gasteiger partial charge in [-0.3, -0.25) is 4.84 Å². The van der Waals surface area contributed by atoms with Crippen LogP contribution in [-0.2, 0) is 11.4 Å². The van der Waals surface area contributed by atoms with Gasteiger partial charge in [-0.15, -0.1) is 0 Å². The van der Waals surface area contributed by atoms with E-state index in [1.165, 1.54) is 5.56 Å². The monoisotopic (exact) mass is 215 g/mol. The number of benzene rings is 1. The van der Waals surface area contributed by atoms with E-state index in [1.54, 1.807) is 0 Å². The molecule has 0 aliphatic carbocycles. The first-order valence-electron chi connectivity index (χ1n) is 3.31. The molecule has 0 spiro atoms. The summed E-state index contributed by atoms with van der Waals surface area (Å²) in [5.41, 5.74) is 2.27. The predicted octanol–water partition coefficient (Wildman–Crippen LogP) is 2.15. The zero-order valence-corrected chi connectivity index (χ0v) is 7.89. The average Bonchev–Trinajstić information content (AvgIpc) is 1.99. The lowest BCUT2D eigenvalue weighted by Gasteiger charge is -2.04. The molecule has 0 unspecified atom stereocenters. The van der Waals surface area contributed by atoms with Crippen LogP contribution in [0.4, 0.5) is 0 Å². The number of nitrogens with two attached hydrogens (primary N) is 1. The average molecular weight is 216 g/mol. The van der Waals surface area contributed by atoms with Crippen molar-refractivity contribution in [1.29, 1.82) is 0 Å². The Hall–Kier alpha value is -0.380. The third-order valence-corrected chi connectivity index (χ3v) is 2.65. The maximum Gasteiger partial charge on any atom is 0.0941 e. The molecule has 0 aliphatic heterocycles. The van der Waals surface area contributed by atoms with Crippen molar-refractivity contribution in [1.82, 2.24) is 0 Å². The van der Waals surface area contributed by atoms with Gasteiger partial charge >= 0.3 is 0 Å². The maximum atomic E-state index is 4.96. The Kier molecular flexibility index (Phi) is 3.05. The summed E-state index contributed by atoms with van der Waals surface area (Å²) in [6.45, 7) is 2.48. The predicted molar refractivity (Wildman–Crippen MR) is 47.9 cm³/mol. The quantitative estimate of drug-likeness (QED) is 0.768. The lowest BCUT2D eigenvalue weighted by atomic mass is 10.1. The van der Waals surface area contributed by atoms with E-state index in [4.69, 9.17) is 5.90 Å². The fourth-order valence-corrected chi connectivity index (χ4v) is 1.29. The van der Waals surface area contributed by atoms with Gasteiger partial charge in [-0.2, -0.15) is 0 Å². The molecule has 0 saturated carbocycles. The minimum atomic E-state index is 0.447. The second-order valence-corrected chi connectivity index (χ2v) is 3.15. The van der Waals surface area contributed by atoms with E-state index in [2.05, 4.69) is 20.8 Å². The summed E-state index contributed by atoms with van der Waals surface area (Å²) >= 11 is 3.45. The SMILES string of the molecule is Cc1cccc(CON)c1Br. The molecule has 0 bridgehead atoms. The molecule has 0 atom stereocenters. The van der Waals surface area contributed by atoms with Crippen LogP contribution in [0.1, 0.15) is 11.1 Å². The second kappa shape index (κ2) is 3.85. The molecule has 3 heteroatoms. The summed E-state index contributed by atoms with van der Waals surface area (Å²) in [6.07, 6.45) is 0. The number of hydrogen-bond acceptors (Lipinski definition) is 2. The molecule has 0 aromatic heterocycles. The van der Waals surface area contributed by atoms with Crippen LogP contribution in [0.5, 0.6) is 0 Å². The van der Waals surface area contributed by atoms with Gasteiger partial charge in [0.05, 0.1) is 6.61 Å². The highest BCUT2D eigenvalue weighted by atomic mass is 79.9. The van der Waals surface area contributed by atoms with Crippen LogP contribution in [0.15, 0.2) is 22.7 Å². The minimum Gasteiger partial charge on any atom is -0.300 e. The van der Waals surface area contributed by atoms with Crippen molar-refractivity contribution >= 4 is 15.9 Å². The van der Waals surface area contributed by atoms with Crippen LogP contribution in [0.25, 0.3) is 0 Å². The van der Waals surface area contributed by atoms with Gasteiger partial charge in [0, 0.05) is 4.47 Å². The van der Waals surface area contributed by atoms with E-state index < -0.39 is 0 Å². The second-order valence-electron chi connectivity index (χ2n) is 2.36. The minimum absolute atomic E-state index is 0.447.